The molecule has 1 saturated heterocycles. The summed E-state index contributed by atoms with van der Waals surface area (Å²) in [6.45, 7) is 8.16. The molecule has 1 atom stereocenters. The molecule has 0 spiro atoms. The maximum absolute atomic E-state index is 3.74. The number of thiophene rings is 1. The molecule has 100 valence electrons. The number of hydrogen-bond acceptors (Lipinski definition) is 3. The van der Waals surface area contributed by atoms with Gasteiger partial charge in [-0.25, -0.2) is 0 Å². The zero-order valence-electron chi connectivity index (χ0n) is 11.5. The van der Waals surface area contributed by atoms with Gasteiger partial charge in [-0.2, -0.15) is 0 Å². The molecule has 2 heterocycles. The van der Waals surface area contributed by atoms with E-state index < -0.39 is 0 Å². The summed E-state index contributed by atoms with van der Waals surface area (Å²) < 4.78 is 0. The van der Waals surface area contributed by atoms with Crippen LogP contribution in [-0.2, 0) is 19.4 Å². The van der Waals surface area contributed by atoms with E-state index in [0.717, 1.165) is 6.54 Å². The van der Waals surface area contributed by atoms with Crippen LogP contribution in [0.25, 0.3) is 0 Å². The fraction of sp³-hybridized carbons (Fsp3) is 0.733. The van der Waals surface area contributed by atoms with Crippen LogP contribution in [0.1, 0.15) is 42.0 Å². The highest BCUT2D eigenvalue weighted by Crippen LogP contribution is 2.30. The van der Waals surface area contributed by atoms with E-state index in [2.05, 4.69) is 30.1 Å². The van der Waals surface area contributed by atoms with Gasteiger partial charge < -0.3 is 5.32 Å². The molecule has 1 aromatic rings. The summed E-state index contributed by atoms with van der Waals surface area (Å²) in [5, 5.41) is 3.74. The molecule has 1 aliphatic carbocycles. The lowest BCUT2D eigenvalue weighted by atomic mass is 10.2. The Morgan fingerprint density at radius 2 is 2.33 bits per heavy atom. The summed E-state index contributed by atoms with van der Waals surface area (Å²) in [7, 11) is 0. The van der Waals surface area contributed by atoms with Crippen LogP contribution in [0, 0.1) is 0 Å². The van der Waals surface area contributed by atoms with E-state index in [0.29, 0.717) is 12.1 Å². The lowest BCUT2D eigenvalue weighted by molar-refractivity contribution is 0.268. The molecule has 2 aliphatic rings. The fourth-order valence-corrected chi connectivity index (χ4v) is 4.36. The monoisotopic (exact) mass is 264 g/mol. The molecule has 1 fully saturated rings. The Balaban J connectivity index is 1.49. The summed E-state index contributed by atoms with van der Waals surface area (Å²) in [6.07, 6.45) is 5.32. The topological polar surface area (TPSA) is 15.3 Å². The minimum atomic E-state index is 0.697. The van der Waals surface area contributed by atoms with Gasteiger partial charge in [0, 0.05) is 34.9 Å². The van der Waals surface area contributed by atoms with Crippen LogP contribution in [0.4, 0.5) is 0 Å². The third-order valence-electron chi connectivity index (χ3n) is 4.31. The summed E-state index contributed by atoms with van der Waals surface area (Å²) in [5.74, 6) is 0. The SMILES string of the molecule is CC(C)N1CCC(NCc2cc3c(s2)CCC3)C1. The van der Waals surface area contributed by atoms with Crippen molar-refractivity contribution in [3.8, 4) is 0 Å². The molecule has 1 aromatic heterocycles. The van der Waals surface area contributed by atoms with Crippen LogP contribution in [0.15, 0.2) is 6.07 Å². The fourth-order valence-electron chi connectivity index (χ4n) is 3.15. The first-order valence-corrected chi connectivity index (χ1v) is 8.12. The molecule has 1 unspecified atom stereocenters. The number of nitrogens with zero attached hydrogens (tertiary/aromatic N) is 1. The van der Waals surface area contributed by atoms with Gasteiger partial charge in [-0.15, -0.1) is 11.3 Å². The smallest absolute Gasteiger partial charge is 0.0303 e. The van der Waals surface area contributed by atoms with Gasteiger partial charge >= 0.3 is 0 Å². The number of nitrogens with one attached hydrogen (secondary N) is 1. The number of aryl methyl sites for hydroxylation is 2. The van der Waals surface area contributed by atoms with E-state index in [1.165, 1.54) is 38.8 Å². The van der Waals surface area contributed by atoms with Crippen molar-refractivity contribution in [2.24, 2.45) is 0 Å². The average Bonchev–Trinajstić information content (AvgIpc) is 3.01. The Kier molecular flexibility index (Phi) is 3.73. The molecular formula is C15H24N2S. The van der Waals surface area contributed by atoms with E-state index in [1.807, 2.05) is 11.3 Å². The lowest BCUT2D eigenvalue weighted by Crippen LogP contribution is -2.34. The molecule has 0 bridgehead atoms. The van der Waals surface area contributed by atoms with Crippen LogP contribution >= 0.6 is 11.3 Å². The highest BCUT2D eigenvalue weighted by Gasteiger charge is 2.24. The van der Waals surface area contributed by atoms with Crippen molar-refractivity contribution in [3.63, 3.8) is 0 Å². The van der Waals surface area contributed by atoms with Gasteiger partial charge in [0.2, 0.25) is 0 Å². The maximum Gasteiger partial charge on any atom is 0.0303 e. The van der Waals surface area contributed by atoms with Crippen LogP contribution in [-0.4, -0.2) is 30.1 Å². The molecular weight excluding hydrogens is 240 g/mol. The van der Waals surface area contributed by atoms with Crippen molar-refractivity contribution < 1.29 is 0 Å². The second-order valence-electron chi connectivity index (χ2n) is 5.97. The number of hydrogen-bond donors (Lipinski definition) is 1. The van der Waals surface area contributed by atoms with Gasteiger partial charge in [-0.1, -0.05) is 0 Å². The third kappa shape index (κ3) is 2.63. The molecule has 1 N–H and O–H groups in total. The Labute approximate surface area is 114 Å². The molecule has 2 nitrogen and oxygen atoms in total. The summed E-state index contributed by atoms with van der Waals surface area (Å²) in [5.41, 5.74) is 1.63. The Hall–Kier alpha value is -0.380. The van der Waals surface area contributed by atoms with Crippen molar-refractivity contribution in [2.45, 2.75) is 58.2 Å². The van der Waals surface area contributed by atoms with E-state index in [1.54, 1.807) is 15.3 Å². The van der Waals surface area contributed by atoms with Crippen molar-refractivity contribution >= 4 is 11.3 Å². The molecule has 0 amide bonds. The van der Waals surface area contributed by atoms with Crippen LogP contribution < -0.4 is 5.32 Å². The van der Waals surface area contributed by atoms with Gasteiger partial charge in [0.05, 0.1) is 0 Å². The van der Waals surface area contributed by atoms with E-state index in [9.17, 15) is 0 Å². The largest absolute Gasteiger partial charge is 0.308 e. The molecule has 1 aliphatic heterocycles. The first kappa shape index (κ1) is 12.6. The van der Waals surface area contributed by atoms with E-state index >= 15 is 0 Å². The van der Waals surface area contributed by atoms with Gasteiger partial charge in [-0.3, -0.25) is 4.90 Å². The van der Waals surface area contributed by atoms with Gasteiger partial charge in [-0.05, 0) is 57.7 Å². The van der Waals surface area contributed by atoms with E-state index in [-0.39, 0.29) is 0 Å². The second-order valence-corrected chi connectivity index (χ2v) is 7.19. The molecule has 3 rings (SSSR count). The normalized spacial score (nSPS) is 24.1. The Bertz CT molecular complexity index is 389. The van der Waals surface area contributed by atoms with Crippen molar-refractivity contribution in [2.75, 3.05) is 13.1 Å². The highest BCUT2D eigenvalue weighted by molar-refractivity contribution is 7.12. The van der Waals surface area contributed by atoms with Gasteiger partial charge in [0.25, 0.3) is 0 Å². The van der Waals surface area contributed by atoms with Crippen molar-refractivity contribution in [1.82, 2.24) is 10.2 Å². The van der Waals surface area contributed by atoms with Crippen LogP contribution in [0.2, 0.25) is 0 Å². The molecule has 18 heavy (non-hydrogen) atoms. The maximum atomic E-state index is 3.74. The van der Waals surface area contributed by atoms with Crippen LogP contribution in [0.5, 0.6) is 0 Å². The molecule has 0 aromatic carbocycles. The predicted octanol–water partition coefficient (Wildman–Crippen LogP) is 2.81. The summed E-state index contributed by atoms with van der Waals surface area (Å²) in [6, 6.07) is 3.83. The van der Waals surface area contributed by atoms with Crippen molar-refractivity contribution in [3.05, 3.63) is 21.4 Å². The second kappa shape index (κ2) is 5.32. The average molecular weight is 264 g/mol. The lowest BCUT2D eigenvalue weighted by Gasteiger charge is -2.20. The Morgan fingerprint density at radius 1 is 1.44 bits per heavy atom. The summed E-state index contributed by atoms with van der Waals surface area (Å²) in [4.78, 5) is 5.77. The predicted molar refractivity (Wildman–Crippen MR) is 78.3 cm³/mol. The number of fused-ring (bicyclic) bond motifs is 1. The summed E-state index contributed by atoms with van der Waals surface area (Å²) >= 11 is 2.04. The van der Waals surface area contributed by atoms with E-state index in [4.69, 9.17) is 0 Å². The first-order chi connectivity index (χ1) is 8.72. The third-order valence-corrected chi connectivity index (χ3v) is 5.55. The zero-order valence-corrected chi connectivity index (χ0v) is 12.4. The van der Waals surface area contributed by atoms with Crippen LogP contribution in [0.3, 0.4) is 0 Å². The Morgan fingerprint density at radius 3 is 3.06 bits per heavy atom. The number of rotatable bonds is 4. The standard InChI is InChI=1S/C15H24N2S/c1-11(2)17-7-6-13(10-17)16-9-14-8-12-4-3-5-15(12)18-14/h8,11,13,16H,3-7,9-10H2,1-2H3. The van der Waals surface area contributed by atoms with Crippen molar-refractivity contribution in [1.29, 1.82) is 0 Å². The minimum absolute atomic E-state index is 0.697. The van der Waals surface area contributed by atoms with Gasteiger partial charge in [0.1, 0.15) is 0 Å². The molecule has 0 radical (unpaired) electrons. The first-order valence-electron chi connectivity index (χ1n) is 7.30. The molecule has 0 saturated carbocycles. The minimum Gasteiger partial charge on any atom is -0.308 e. The highest BCUT2D eigenvalue weighted by atomic mass is 32.1. The van der Waals surface area contributed by atoms with Gasteiger partial charge in [0.15, 0.2) is 0 Å². The quantitative estimate of drug-likeness (QED) is 0.899. The zero-order chi connectivity index (χ0) is 12.5. The molecule has 3 heteroatoms. The number of likely N-dealkylation sites (tertiary alicyclic amines) is 1.